The molecule has 0 aliphatic rings. The van der Waals surface area contributed by atoms with Crippen molar-refractivity contribution in [1.82, 2.24) is 0 Å². The maximum atomic E-state index is 11.3. The van der Waals surface area contributed by atoms with Crippen LogP contribution in [-0.4, -0.2) is 16.0 Å². The fourth-order valence-corrected chi connectivity index (χ4v) is 3.00. The van der Waals surface area contributed by atoms with E-state index in [1.54, 1.807) is 6.07 Å². The van der Waals surface area contributed by atoms with Crippen LogP contribution >= 0.6 is 11.8 Å². The van der Waals surface area contributed by atoms with E-state index in [1.807, 2.05) is 31.2 Å². The van der Waals surface area contributed by atoms with Crippen LogP contribution in [0.2, 0.25) is 0 Å². The first-order chi connectivity index (χ1) is 10.0. The highest BCUT2D eigenvalue weighted by atomic mass is 32.2. The van der Waals surface area contributed by atoms with Crippen molar-refractivity contribution in [3.8, 4) is 0 Å². The van der Waals surface area contributed by atoms with Gasteiger partial charge in [-0.25, -0.2) is 4.79 Å². The molecule has 0 radical (unpaired) electrons. The van der Waals surface area contributed by atoms with Crippen molar-refractivity contribution in [2.45, 2.75) is 17.6 Å². The van der Waals surface area contributed by atoms with E-state index in [2.05, 4.69) is 0 Å². The van der Waals surface area contributed by atoms with E-state index >= 15 is 0 Å². The van der Waals surface area contributed by atoms with Crippen LogP contribution in [0.1, 0.15) is 21.5 Å². The number of rotatable bonds is 5. The van der Waals surface area contributed by atoms with Gasteiger partial charge in [0, 0.05) is 16.7 Å². The first-order valence-electron chi connectivity index (χ1n) is 6.18. The van der Waals surface area contributed by atoms with Crippen LogP contribution in [0.5, 0.6) is 0 Å². The molecule has 5 nitrogen and oxygen atoms in total. The Morgan fingerprint density at radius 2 is 1.95 bits per heavy atom. The van der Waals surface area contributed by atoms with Crippen molar-refractivity contribution in [3.63, 3.8) is 0 Å². The number of hydrogen-bond donors (Lipinski definition) is 1. The number of carboxylic acid groups (broad SMARTS) is 1. The molecule has 0 heterocycles. The number of hydrogen-bond acceptors (Lipinski definition) is 4. The van der Waals surface area contributed by atoms with Crippen LogP contribution in [0.15, 0.2) is 47.4 Å². The Morgan fingerprint density at radius 3 is 2.57 bits per heavy atom. The van der Waals surface area contributed by atoms with Crippen molar-refractivity contribution in [3.05, 3.63) is 69.3 Å². The molecular weight excluding hydrogens is 290 g/mol. The molecule has 0 aromatic heterocycles. The van der Waals surface area contributed by atoms with Gasteiger partial charge >= 0.3 is 5.97 Å². The minimum atomic E-state index is -1.28. The Kier molecular flexibility index (Phi) is 4.59. The highest BCUT2D eigenvalue weighted by Gasteiger charge is 2.23. The van der Waals surface area contributed by atoms with Crippen molar-refractivity contribution < 1.29 is 14.8 Å². The third-order valence-electron chi connectivity index (χ3n) is 3.02. The largest absolute Gasteiger partial charge is 0.477 e. The molecule has 0 amide bonds. The van der Waals surface area contributed by atoms with Crippen molar-refractivity contribution in [1.29, 1.82) is 0 Å². The highest BCUT2D eigenvalue weighted by molar-refractivity contribution is 7.98. The lowest BCUT2D eigenvalue weighted by atomic mass is 10.1. The van der Waals surface area contributed by atoms with Gasteiger partial charge in [0.2, 0.25) is 0 Å². The van der Waals surface area contributed by atoms with E-state index in [0.717, 1.165) is 10.5 Å². The summed E-state index contributed by atoms with van der Waals surface area (Å²) in [5, 5.41) is 20.2. The normalized spacial score (nSPS) is 10.3. The van der Waals surface area contributed by atoms with Gasteiger partial charge in [-0.3, -0.25) is 10.1 Å². The summed E-state index contributed by atoms with van der Waals surface area (Å²) in [5.41, 5.74) is 0.934. The summed E-state index contributed by atoms with van der Waals surface area (Å²) in [6, 6.07) is 12.1. The maximum Gasteiger partial charge on any atom is 0.343 e. The molecule has 21 heavy (non-hydrogen) atoms. The smallest absolute Gasteiger partial charge is 0.343 e. The summed E-state index contributed by atoms with van der Waals surface area (Å²) in [6.45, 7) is 1.97. The second-order valence-electron chi connectivity index (χ2n) is 4.43. The first-order valence-corrected chi connectivity index (χ1v) is 7.17. The number of nitro groups is 1. The zero-order valence-corrected chi connectivity index (χ0v) is 12.1. The number of nitro benzene ring substituents is 1. The zero-order valence-electron chi connectivity index (χ0n) is 11.3. The lowest BCUT2D eigenvalue weighted by molar-refractivity contribution is -0.385. The molecule has 2 aromatic carbocycles. The summed E-state index contributed by atoms with van der Waals surface area (Å²) in [4.78, 5) is 22.6. The number of benzene rings is 2. The van der Waals surface area contributed by atoms with Gasteiger partial charge in [0.1, 0.15) is 5.56 Å². The van der Waals surface area contributed by atoms with E-state index in [1.165, 1.54) is 23.9 Å². The molecular formula is C15H13NO4S. The molecule has 0 spiro atoms. The molecule has 2 aromatic rings. The number of aryl methyl sites for hydroxylation is 1. The van der Waals surface area contributed by atoms with Crippen molar-refractivity contribution >= 4 is 23.4 Å². The van der Waals surface area contributed by atoms with E-state index < -0.39 is 10.9 Å². The van der Waals surface area contributed by atoms with Crippen LogP contribution in [0.3, 0.4) is 0 Å². The maximum absolute atomic E-state index is 11.3. The molecule has 0 saturated carbocycles. The Labute approximate surface area is 125 Å². The van der Waals surface area contributed by atoms with Gasteiger partial charge in [-0.15, -0.1) is 11.8 Å². The van der Waals surface area contributed by atoms with Gasteiger partial charge in [-0.1, -0.05) is 30.3 Å². The van der Waals surface area contributed by atoms with Crippen molar-refractivity contribution in [2.24, 2.45) is 0 Å². The number of aromatic carboxylic acids is 1. The molecule has 0 atom stereocenters. The predicted molar refractivity (Wildman–Crippen MR) is 80.8 cm³/mol. The van der Waals surface area contributed by atoms with E-state index in [-0.39, 0.29) is 11.3 Å². The SMILES string of the molecule is Cc1ccccc1SCc1cccc([N+](=O)[O-])c1C(=O)O. The third-order valence-corrected chi connectivity index (χ3v) is 4.24. The van der Waals surface area contributed by atoms with Crippen LogP contribution in [0.4, 0.5) is 5.69 Å². The Bertz CT molecular complexity index is 700. The highest BCUT2D eigenvalue weighted by Crippen LogP contribution is 2.30. The van der Waals surface area contributed by atoms with Gasteiger partial charge in [-0.2, -0.15) is 0 Å². The minimum absolute atomic E-state index is 0.233. The van der Waals surface area contributed by atoms with Crippen LogP contribution in [0.25, 0.3) is 0 Å². The second kappa shape index (κ2) is 6.41. The molecule has 0 aliphatic carbocycles. The van der Waals surface area contributed by atoms with Gasteiger partial charge in [-0.05, 0) is 24.1 Å². The number of carboxylic acids is 1. The minimum Gasteiger partial charge on any atom is -0.477 e. The van der Waals surface area contributed by atoms with Crippen molar-refractivity contribution in [2.75, 3.05) is 0 Å². The molecule has 0 fully saturated rings. The molecule has 0 bridgehead atoms. The molecule has 6 heteroatoms. The number of thioether (sulfide) groups is 1. The topological polar surface area (TPSA) is 80.4 Å². The average Bonchev–Trinajstić information content (AvgIpc) is 2.45. The van der Waals surface area contributed by atoms with Crippen LogP contribution < -0.4 is 0 Å². The standard InChI is InChI=1S/C15H13NO4S/c1-10-5-2-3-8-13(10)21-9-11-6-4-7-12(16(19)20)14(11)15(17)18/h2-8H,9H2,1H3,(H,17,18). The summed E-state index contributed by atoms with van der Waals surface area (Å²) in [7, 11) is 0. The molecule has 0 aliphatic heterocycles. The second-order valence-corrected chi connectivity index (χ2v) is 5.44. The monoisotopic (exact) mass is 303 g/mol. The summed E-state index contributed by atoms with van der Waals surface area (Å²) >= 11 is 1.47. The molecule has 0 saturated heterocycles. The Morgan fingerprint density at radius 1 is 1.24 bits per heavy atom. The van der Waals surface area contributed by atoms with Crippen LogP contribution in [0, 0.1) is 17.0 Å². The Balaban J connectivity index is 2.32. The van der Waals surface area contributed by atoms with E-state index in [9.17, 15) is 20.0 Å². The molecule has 1 N–H and O–H groups in total. The zero-order chi connectivity index (χ0) is 15.4. The first kappa shape index (κ1) is 15.1. The summed E-state index contributed by atoms with van der Waals surface area (Å²) in [5.74, 6) is -0.906. The lowest BCUT2D eigenvalue weighted by Gasteiger charge is -2.08. The van der Waals surface area contributed by atoms with Gasteiger partial charge in [0.25, 0.3) is 5.69 Å². The third kappa shape index (κ3) is 3.41. The summed E-state index contributed by atoms with van der Waals surface area (Å²) < 4.78 is 0. The number of carbonyl (C=O) groups is 1. The fourth-order valence-electron chi connectivity index (χ4n) is 1.98. The number of nitrogens with zero attached hydrogens (tertiary/aromatic N) is 1. The fraction of sp³-hybridized carbons (Fsp3) is 0.133. The predicted octanol–water partition coefficient (Wildman–Crippen LogP) is 3.89. The quantitative estimate of drug-likeness (QED) is 0.515. The molecule has 108 valence electrons. The molecule has 2 rings (SSSR count). The van der Waals surface area contributed by atoms with E-state index in [4.69, 9.17) is 0 Å². The summed E-state index contributed by atoms with van der Waals surface area (Å²) in [6.07, 6.45) is 0. The van der Waals surface area contributed by atoms with E-state index in [0.29, 0.717) is 11.3 Å². The molecule has 0 unspecified atom stereocenters. The average molecular weight is 303 g/mol. The van der Waals surface area contributed by atoms with Gasteiger partial charge in [0.05, 0.1) is 4.92 Å². The van der Waals surface area contributed by atoms with Gasteiger partial charge in [0.15, 0.2) is 0 Å². The van der Waals surface area contributed by atoms with Gasteiger partial charge < -0.3 is 5.11 Å². The van der Waals surface area contributed by atoms with Crippen LogP contribution in [-0.2, 0) is 5.75 Å². The Hall–Kier alpha value is -2.34. The lowest BCUT2D eigenvalue weighted by Crippen LogP contribution is -2.06.